The van der Waals surface area contributed by atoms with Gasteiger partial charge in [0, 0.05) is 30.4 Å². The van der Waals surface area contributed by atoms with Crippen LogP contribution in [0.2, 0.25) is 0 Å². The maximum Gasteiger partial charge on any atom is 0.237 e. The molecule has 6 nitrogen and oxygen atoms in total. The van der Waals surface area contributed by atoms with Crippen LogP contribution in [0.5, 0.6) is 0 Å². The molecule has 0 saturated carbocycles. The van der Waals surface area contributed by atoms with Crippen molar-refractivity contribution in [1.29, 1.82) is 0 Å². The summed E-state index contributed by atoms with van der Waals surface area (Å²) in [6.45, 7) is 1.53. The standard InChI is InChI=1S/C22H24N4O2/c27-19-11-20(23-13-19)22(28)24-12-18-15-26(14-16-7-3-1-4-8-16)25-21(18)17-9-5-2-6-10-17/h1-10,15,19-20,23,27H,11-14H2,(H,24,28)/t19-,20+/m1/s1. The Morgan fingerprint density at radius 2 is 1.86 bits per heavy atom. The first-order valence-electron chi connectivity index (χ1n) is 9.54. The number of carbonyl (C=O) groups excluding carboxylic acids is 1. The molecule has 1 amide bonds. The van der Waals surface area contributed by atoms with Gasteiger partial charge in [-0.1, -0.05) is 60.7 Å². The molecule has 0 spiro atoms. The molecule has 1 aromatic heterocycles. The summed E-state index contributed by atoms with van der Waals surface area (Å²) in [5.41, 5.74) is 4.03. The lowest BCUT2D eigenvalue weighted by Gasteiger charge is -2.11. The van der Waals surface area contributed by atoms with Crippen LogP contribution < -0.4 is 10.6 Å². The van der Waals surface area contributed by atoms with E-state index in [0.29, 0.717) is 26.1 Å². The van der Waals surface area contributed by atoms with Crippen LogP contribution in [-0.2, 0) is 17.9 Å². The second-order valence-electron chi connectivity index (χ2n) is 7.12. The van der Waals surface area contributed by atoms with E-state index >= 15 is 0 Å². The van der Waals surface area contributed by atoms with Crippen molar-refractivity contribution in [3.8, 4) is 11.3 Å². The number of hydrogen-bond donors (Lipinski definition) is 3. The van der Waals surface area contributed by atoms with E-state index in [0.717, 1.165) is 16.8 Å². The van der Waals surface area contributed by atoms with Gasteiger partial charge >= 0.3 is 0 Å². The van der Waals surface area contributed by atoms with Gasteiger partial charge < -0.3 is 15.7 Å². The highest BCUT2D eigenvalue weighted by Crippen LogP contribution is 2.22. The van der Waals surface area contributed by atoms with E-state index in [9.17, 15) is 9.90 Å². The van der Waals surface area contributed by atoms with Crippen LogP contribution in [-0.4, -0.2) is 39.5 Å². The Labute approximate surface area is 164 Å². The molecule has 1 fully saturated rings. The van der Waals surface area contributed by atoms with Gasteiger partial charge in [0.2, 0.25) is 5.91 Å². The summed E-state index contributed by atoms with van der Waals surface area (Å²) in [6.07, 6.45) is 1.99. The highest BCUT2D eigenvalue weighted by atomic mass is 16.3. The smallest absolute Gasteiger partial charge is 0.237 e. The molecular weight excluding hydrogens is 352 g/mol. The van der Waals surface area contributed by atoms with Gasteiger partial charge in [-0.05, 0) is 12.0 Å². The highest BCUT2D eigenvalue weighted by molar-refractivity contribution is 5.82. The summed E-state index contributed by atoms with van der Waals surface area (Å²) < 4.78 is 1.91. The average molecular weight is 376 g/mol. The van der Waals surface area contributed by atoms with Gasteiger partial charge in [-0.3, -0.25) is 9.48 Å². The Hall–Kier alpha value is -2.96. The topological polar surface area (TPSA) is 79.2 Å². The quantitative estimate of drug-likeness (QED) is 0.614. The van der Waals surface area contributed by atoms with Gasteiger partial charge in [0.15, 0.2) is 0 Å². The Balaban J connectivity index is 1.53. The van der Waals surface area contributed by atoms with Crippen LogP contribution in [0.3, 0.4) is 0 Å². The van der Waals surface area contributed by atoms with E-state index < -0.39 is 6.10 Å². The lowest BCUT2D eigenvalue weighted by Crippen LogP contribution is -2.40. The number of aromatic nitrogens is 2. The minimum absolute atomic E-state index is 0.0913. The molecule has 0 aliphatic carbocycles. The fourth-order valence-corrected chi connectivity index (χ4v) is 3.50. The third-order valence-electron chi connectivity index (χ3n) is 4.95. The van der Waals surface area contributed by atoms with Gasteiger partial charge in [0.25, 0.3) is 0 Å². The number of carbonyl (C=O) groups is 1. The Morgan fingerprint density at radius 1 is 1.14 bits per heavy atom. The summed E-state index contributed by atoms with van der Waals surface area (Å²) in [5, 5.41) is 20.4. The first-order chi connectivity index (χ1) is 13.7. The van der Waals surface area contributed by atoms with E-state index in [4.69, 9.17) is 5.10 Å². The normalized spacial score (nSPS) is 18.9. The van der Waals surface area contributed by atoms with Crippen molar-refractivity contribution in [1.82, 2.24) is 20.4 Å². The summed E-state index contributed by atoms with van der Waals surface area (Å²) in [4.78, 5) is 12.4. The van der Waals surface area contributed by atoms with Crippen LogP contribution in [0.25, 0.3) is 11.3 Å². The minimum Gasteiger partial charge on any atom is -0.392 e. The molecule has 4 rings (SSSR count). The lowest BCUT2D eigenvalue weighted by molar-refractivity contribution is -0.123. The maximum absolute atomic E-state index is 12.4. The second kappa shape index (κ2) is 8.37. The van der Waals surface area contributed by atoms with Crippen molar-refractivity contribution >= 4 is 5.91 Å². The monoisotopic (exact) mass is 376 g/mol. The summed E-state index contributed by atoms with van der Waals surface area (Å²) >= 11 is 0. The van der Waals surface area contributed by atoms with E-state index in [1.165, 1.54) is 5.56 Å². The predicted molar refractivity (Wildman–Crippen MR) is 107 cm³/mol. The van der Waals surface area contributed by atoms with E-state index in [2.05, 4.69) is 22.8 Å². The number of nitrogens with zero attached hydrogens (tertiary/aromatic N) is 2. The number of benzene rings is 2. The largest absolute Gasteiger partial charge is 0.392 e. The Morgan fingerprint density at radius 3 is 2.54 bits per heavy atom. The molecule has 1 aliphatic heterocycles. The molecule has 2 aromatic carbocycles. The molecule has 28 heavy (non-hydrogen) atoms. The average Bonchev–Trinajstić information content (AvgIpc) is 3.34. The number of nitrogens with one attached hydrogen (secondary N) is 2. The number of rotatable bonds is 6. The number of aliphatic hydroxyl groups is 1. The molecule has 0 unspecified atom stereocenters. The molecule has 1 saturated heterocycles. The molecular formula is C22H24N4O2. The zero-order chi connectivity index (χ0) is 19.3. The van der Waals surface area contributed by atoms with Crippen LogP contribution in [0.4, 0.5) is 0 Å². The summed E-state index contributed by atoms with van der Waals surface area (Å²) in [7, 11) is 0. The third-order valence-corrected chi connectivity index (χ3v) is 4.95. The summed E-state index contributed by atoms with van der Waals surface area (Å²) in [5.74, 6) is -0.0913. The van der Waals surface area contributed by atoms with Crippen LogP contribution >= 0.6 is 0 Å². The molecule has 0 radical (unpaired) electrons. The van der Waals surface area contributed by atoms with E-state index in [1.807, 2.05) is 59.4 Å². The molecule has 3 N–H and O–H groups in total. The molecule has 2 heterocycles. The maximum atomic E-state index is 12.4. The van der Waals surface area contributed by atoms with Crippen molar-refractivity contribution < 1.29 is 9.90 Å². The van der Waals surface area contributed by atoms with E-state index in [-0.39, 0.29) is 11.9 Å². The number of amides is 1. The molecule has 6 heteroatoms. The minimum atomic E-state index is -0.454. The van der Waals surface area contributed by atoms with Crippen molar-refractivity contribution in [3.05, 3.63) is 78.0 Å². The Bertz CT molecular complexity index is 924. The summed E-state index contributed by atoms with van der Waals surface area (Å²) in [6, 6.07) is 19.8. The number of hydrogen-bond acceptors (Lipinski definition) is 4. The molecule has 0 bridgehead atoms. The zero-order valence-electron chi connectivity index (χ0n) is 15.6. The van der Waals surface area contributed by atoms with Crippen LogP contribution in [0.1, 0.15) is 17.5 Å². The first kappa shape index (κ1) is 18.4. The second-order valence-corrected chi connectivity index (χ2v) is 7.12. The highest BCUT2D eigenvalue weighted by Gasteiger charge is 2.28. The molecule has 144 valence electrons. The van der Waals surface area contributed by atoms with Gasteiger partial charge in [-0.15, -0.1) is 0 Å². The predicted octanol–water partition coefficient (Wildman–Crippen LogP) is 1.94. The van der Waals surface area contributed by atoms with E-state index in [1.54, 1.807) is 0 Å². The van der Waals surface area contributed by atoms with Crippen LogP contribution in [0.15, 0.2) is 66.9 Å². The van der Waals surface area contributed by atoms with Crippen molar-refractivity contribution in [3.63, 3.8) is 0 Å². The van der Waals surface area contributed by atoms with Crippen molar-refractivity contribution in [2.45, 2.75) is 31.7 Å². The first-order valence-corrected chi connectivity index (χ1v) is 9.54. The SMILES string of the molecule is O=C(NCc1cn(Cc2ccccc2)nc1-c1ccccc1)[C@@H]1C[C@@H](O)CN1. The molecule has 3 aromatic rings. The lowest BCUT2D eigenvalue weighted by atomic mass is 10.1. The van der Waals surface area contributed by atoms with Crippen molar-refractivity contribution in [2.24, 2.45) is 0 Å². The van der Waals surface area contributed by atoms with Crippen LogP contribution in [0, 0.1) is 0 Å². The fraction of sp³-hybridized carbons (Fsp3) is 0.273. The van der Waals surface area contributed by atoms with Gasteiger partial charge in [0.05, 0.1) is 24.4 Å². The third kappa shape index (κ3) is 4.30. The molecule has 2 atom stereocenters. The van der Waals surface area contributed by atoms with Gasteiger partial charge in [-0.2, -0.15) is 5.10 Å². The fourth-order valence-electron chi connectivity index (χ4n) is 3.50. The number of β-amino-alcohol motifs (C(OH)–C–C–N with tert-alkyl or cyclic N) is 1. The Kier molecular flexibility index (Phi) is 5.50. The molecule has 1 aliphatic rings. The van der Waals surface area contributed by atoms with Gasteiger partial charge in [0.1, 0.15) is 0 Å². The van der Waals surface area contributed by atoms with Gasteiger partial charge in [-0.25, -0.2) is 0 Å². The van der Waals surface area contributed by atoms with Crippen molar-refractivity contribution in [2.75, 3.05) is 6.54 Å². The zero-order valence-corrected chi connectivity index (χ0v) is 15.6. The number of aliphatic hydroxyl groups excluding tert-OH is 1.